The number of anilines is 1. The summed E-state index contributed by atoms with van der Waals surface area (Å²) < 4.78 is 39.6. The third-order valence-corrected chi connectivity index (χ3v) is 6.56. The molecule has 0 saturated carbocycles. The van der Waals surface area contributed by atoms with E-state index in [2.05, 4.69) is 4.72 Å². The number of carbonyl (C=O) groups is 2. The normalized spacial score (nSPS) is 11.6. The number of aryl methyl sites for hydroxylation is 2. The molecule has 2 aromatic carbocycles. The molecule has 32 heavy (non-hydrogen) atoms. The fourth-order valence-corrected chi connectivity index (χ4v) is 4.93. The molecule has 0 heterocycles. The number of esters is 2. The lowest BCUT2D eigenvalue weighted by Gasteiger charge is -2.18. The maximum atomic E-state index is 13.3. The van der Waals surface area contributed by atoms with Crippen molar-refractivity contribution < 1.29 is 27.5 Å². The first-order chi connectivity index (χ1) is 14.7. The Kier molecular flexibility index (Phi) is 7.72. The largest absolute Gasteiger partial charge is 0.459 e. The predicted molar refractivity (Wildman–Crippen MR) is 124 cm³/mol. The second-order valence-corrected chi connectivity index (χ2v) is 10.0. The van der Waals surface area contributed by atoms with Crippen LogP contribution in [0.25, 0.3) is 0 Å². The van der Waals surface area contributed by atoms with Crippen molar-refractivity contribution in [2.45, 2.75) is 72.5 Å². The van der Waals surface area contributed by atoms with E-state index in [9.17, 15) is 18.0 Å². The van der Waals surface area contributed by atoms with E-state index in [1.807, 2.05) is 19.9 Å². The zero-order valence-electron chi connectivity index (χ0n) is 19.8. The van der Waals surface area contributed by atoms with Crippen LogP contribution >= 0.6 is 0 Å². The Morgan fingerprint density at radius 3 is 1.53 bits per heavy atom. The van der Waals surface area contributed by atoms with E-state index in [1.165, 1.54) is 18.2 Å². The van der Waals surface area contributed by atoms with E-state index < -0.39 is 22.0 Å². The average molecular weight is 462 g/mol. The first kappa shape index (κ1) is 25.4. The van der Waals surface area contributed by atoms with E-state index in [1.54, 1.807) is 41.5 Å². The molecule has 0 saturated heterocycles. The van der Waals surface area contributed by atoms with Crippen LogP contribution in [0.5, 0.6) is 0 Å². The lowest BCUT2D eigenvalue weighted by atomic mass is 10.0. The maximum absolute atomic E-state index is 13.3. The van der Waals surface area contributed by atoms with Gasteiger partial charge in [-0.1, -0.05) is 6.07 Å². The quantitative estimate of drug-likeness (QED) is 0.592. The summed E-state index contributed by atoms with van der Waals surface area (Å²) in [5, 5.41) is 0. The average Bonchev–Trinajstić information content (AvgIpc) is 2.64. The molecule has 2 rings (SSSR count). The zero-order chi connectivity index (χ0) is 24.4. The first-order valence-corrected chi connectivity index (χ1v) is 11.9. The summed E-state index contributed by atoms with van der Waals surface area (Å²) in [6.07, 6.45) is -0.760. The molecule has 2 aromatic rings. The molecule has 0 spiro atoms. The topological polar surface area (TPSA) is 98.8 Å². The minimum atomic E-state index is -4.00. The summed E-state index contributed by atoms with van der Waals surface area (Å²) in [7, 11) is -4.00. The van der Waals surface area contributed by atoms with Gasteiger partial charge in [0.05, 0.1) is 33.9 Å². The highest BCUT2D eigenvalue weighted by Crippen LogP contribution is 2.29. The summed E-state index contributed by atoms with van der Waals surface area (Å²) >= 11 is 0. The van der Waals surface area contributed by atoms with E-state index >= 15 is 0 Å². The van der Waals surface area contributed by atoms with Gasteiger partial charge in [0.2, 0.25) is 0 Å². The maximum Gasteiger partial charge on any atom is 0.338 e. The molecule has 0 aliphatic heterocycles. The van der Waals surface area contributed by atoms with Gasteiger partial charge in [0.25, 0.3) is 10.0 Å². The van der Waals surface area contributed by atoms with Crippen LogP contribution in [0.2, 0.25) is 0 Å². The van der Waals surface area contributed by atoms with Gasteiger partial charge in [0.15, 0.2) is 0 Å². The van der Waals surface area contributed by atoms with Crippen LogP contribution in [0.4, 0.5) is 5.69 Å². The Hall–Kier alpha value is -2.87. The van der Waals surface area contributed by atoms with Crippen molar-refractivity contribution >= 4 is 27.6 Å². The lowest BCUT2D eigenvalue weighted by Crippen LogP contribution is -2.19. The zero-order valence-corrected chi connectivity index (χ0v) is 20.6. The molecule has 0 aromatic heterocycles. The second-order valence-electron chi connectivity index (χ2n) is 8.40. The fourth-order valence-electron chi connectivity index (χ4n) is 3.28. The number of hydrogen-bond donors (Lipinski definition) is 1. The molecule has 0 aliphatic carbocycles. The molecule has 0 radical (unpaired) electrons. The highest BCUT2D eigenvalue weighted by molar-refractivity contribution is 7.92. The number of rotatable bonds is 7. The van der Waals surface area contributed by atoms with Crippen LogP contribution in [-0.2, 0) is 19.5 Å². The molecular formula is C24H31NO6S. The SMILES string of the molecule is Cc1cc(C)c(C)c(S(=O)(=O)Nc2cc(C(=O)OC(C)C)cc(C(=O)OC(C)C)c2)c1C. The molecule has 0 unspecified atom stereocenters. The van der Waals surface area contributed by atoms with Crippen LogP contribution in [0, 0.1) is 27.7 Å². The molecule has 7 nitrogen and oxygen atoms in total. The Labute approximate surface area is 190 Å². The Morgan fingerprint density at radius 1 is 0.750 bits per heavy atom. The highest BCUT2D eigenvalue weighted by Gasteiger charge is 2.24. The molecule has 174 valence electrons. The van der Waals surface area contributed by atoms with Crippen molar-refractivity contribution in [3.63, 3.8) is 0 Å². The van der Waals surface area contributed by atoms with Crippen LogP contribution in [0.3, 0.4) is 0 Å². The molecule has 0 amide bonds. The third-order valence-electron chi connectivity index (χ3n) is 4.91. The van der Waals surface area contributed by atoms with Gasteiger partial charge in [-0.2, -0.15) is 0 Å². The van der Waals surface area contributed by atoms with Gasteiger partial charge in [-0.05, 0) is 95.8 Å². The van der Waals surface area contributed by atoms with E-state index in [0.29, 0.717) is 11.1 Å². The fraction of sp³-hybridized carbons (Fsp3) is 0.417. The van der Waals surface area contributed by atoms with Crippen molar-refractivity contribution in [2.24, 2.45) is 0 Å². The van der Waals surface area contributed by atoms with Crippen molar-refractivity contribution in [1.82, 2.24) is 0 Å². The molecule has 0 fully saturated rings. The second kappa shape index (κ2) is 9.73. The van der Waals surface area contributed by atoms with Gasteiger partial charge in [0, 0.05) is 0 Å². The smallest absolute Gasteiger partial charge is 0.338 e. The molecular weight excluding hydrogens is 430 g/mol. The van der Waals surface area contributed by atoms with Gasteiger partial charge >= 0.3 is 11.9 Å². The third kappa shape index (κ3) is 5.88. The van der Waals surface area contributed by atoms with Gasteiger partial charge in [-0.3, -0.25) is 4.72 Å². The van der Waals surface area contributed by atoms with Crippen molar-refractivity contribution in [3.05, 3.63) is 57.6 Å². The summed E-state index contributed by atoms with van der Waals surface area (Å²) in [5.41, 5.74) is 3.13. The van der Waals surface area contributed by atoms with E-state index in [-0.39, 0.29) is 33.9 Å². The van der Waals surface area contributed by atoms with Gasteiger partial charge in [-0.25, -0.2) is 18.0 Å². The summed E-state index contributed by atoms with van der Waals surface area (Å²) in [5.74, 6) is -1.34. The monoisotopic (exact) mass is 461 g/mol. The van der Waals surface area contributed by atoms with Crippen LogP contribution in [-0.4, -0.2) is 32.6 Å². The Morgan fingerprint density at radius 2 is 1.16 bits per heavy atom. The van der Waals surface area contributed by atoms with Crippen LogP contribution in [0.15, 0.2) is 29.2 Å². The van der Waals surface area contributed by atoms with E-state index in [0.717, 1.165) is 11.1 Å². The number of hydrogen-bond acceptors (Lipinski definition) is 6. The molecule has 0 aliphatic rings. The molecule has 1 N–H and O–H groups in total. The number of carbonyl (C=O) groups excluding carboxylic acids is 2. The summed E-state index contributed by atoms with van der Waals surface area (Å²) in [6.45, 7) is 14.0. The molecule has 8 heteroatoms. The Balaban J connectivity index is 2.59. The van der Waals surface area contributed by atoms with Gasteiger partial charge in [0.1, 0.15) is 0 Å². The number of benzene rings is 2. The van der Waals surface area contributed by atoms with Crippen LogP contribution in [0.1, 0.15) is 70.7 Å². The minimum absolute atomic E-state index is 0.0449. The minimum Gasteiger partial charge on any atom is -0.459 e. The van der Waals surface area contributed by atoms with Crippen molar-refractivity contribution in [1.29, 1.82) is 0 Å². The van der Waals surface area contributed by atoms with E-state index in [4.69, 9.17) is 9.47 Å². The first-order valence-electron chi connectivity index (χ1n) is 10.4. The molecule has 0 bridgehead atoms. The summed E-state index contributed by atoms with van der Waals surface area (Å²) in [4.78, 5) is 25.1. The van der Waals surface area contributed by atoms with Gasteiger partial charge < -0.3 is 9.47 Å². The Bertz CT molecular complexity index is 1080. The lowest BCUT2D eigenvalue weighted by molar-refractivity contribution is 0.0377. The van der Waals surface area contributed by atoms with Crippen molar-refractivity contribution in [2.75, 3.05) is 4.72 Å². The summed E-state index contributed by atoms with van der Waals surface area (Å²) in [6, 6.07) is 5.97. The van der Waals surface area contributed by atoms with Gasteiger partial charge in [-0.15, -0.1) is 0 Å². The van der Waals surface area contributed by atoms with Crippen LogP contribution < -0.4 is 4.72 Å². The number of sulfonamides is 1. The van der Waals surface area contributed by atoms with Crippen molar-refractivity contribution in [3.8, 4) is 0 Å². The highest BCUT2D eigenvalue weighted by atomic mass is 32.2. The number of nitrogens with one attached hydrogen (secondary N) is 1. The predicted octanol–water partition coefficient (Wildman–Crippen LogP) is 4.85. The molecule has 0 atom stereocenters. The standard InChI is InChI=1S/C24H31NO6S/c1-13(2)30-23(26)19-10-20(24(27)31-14(3)4)12-21(11-19)25-32(28,29)22-17(7)15(5)9-16(6)18(22)8/h9-14,25H,1-8H3. The number of ether oxygens (including phenoxy) is 2.